The third-order valence-electron chi connectivity index (χ3n) is 5.64. The van der Waals surface area contributed by atoms with Crippen molar-refractivity contribution in [1.82, 2.24) is 4.98 Å². The molecule has 0 aliphatic rings. The zero-order valence-corrected chi connectivity index (χ0v) is 18.4. The molecule has 4 aromatic rings. The summed E-state index contributed by atoms with van der Waals surface area (Å²) in [6.45, 7) is -1.23. The van der Waals surface area contributed by atoms with Crippen LogP contribution in [0, 0.1) is 17.5 Å². The van der Waals surface area contributed by atoms with Crippen LogP contribution in [0.15, 0.2) is 60.8 Å². The lowest BCUT2D eigenvalue weighted by Gasteiger charge is -2.11. The van der Waals surface area contributed by atoms with E-state index >= 15 is 4.39 Å². The van der Waals surface area contributed by atoms with Gasteiger partial charge in [-0.05, 0) is 65.6 Å². The van der Waals surface area contributed by atoms with Crippen molar-refractivity contribution < 1.29 is 26.7 Å². The highest BCUT2D eigenvalue weighted by molar-refractivity contribution is 5.88. The minimum atomic E-state index is -3.33. The number of halogens is 5. The van der Waals surface area contributed by atoms with Crippen molar-refractivity contribution in [1.29, 1.82) is 0 Å². The fourth-order valence-electron chi connectivity index (χ4n) is 3.96. The minimum Gasteiger partial charge on any atom is -0.429 e. The van der Waals surface area contributed by atoms with Crippen LogP contribution < -0.4 is 4.74 Å². The average Bonchev–Trinajstić information content (AvgIpc) is 2.81. The van der Waals surface area contributed by atoms with Crippen LogP contribution in [0.3, 0.4) is 0 Å². The number of fused-ring (bicyclic) bond motifs is 1. The number of rotatable bonds is 8. The van der Waals surface area contributed by atoms with Crippen LogP contribution in [0.2, 0.25) is 0 Å². The molecule has 0 N–H and O–H groups in total. The lowest BCUT2D eigenvalue weighted by atomic mass is 9.98. The summed E-state index contributed by atoms with van der Waals surface area (Å²) >= 11 is 0. The summed E-state index contributed by atoms with van der Waals surface area (Å²) in [6.07, 6.45) is 4.16. The number of hydrogen-bond donors (Lipinski definition) is 0. The Labute approximate surface area is 194 Å². The molecule has 0 aliphatic heterocycles. The number of pyridine rings is 1. The second-order valence-electron chi connectivity index (χ2n) is 8.04. The molecule has 0 aliphatic carbocycles. The molecule has 7 heteroatoms. The van der Waals surface area contributed by atoms with Crippen molar-refractivity contribution in [3.63, 3.8) is 0 Å². The summed E-state index contributed by atoms with van der Waals surface area (Å²) in [5, 5.41) is 1.14. The van der Waals surface area contributed by atoms with Gasteiger partial charge in [-0.15, -0.1) is 0 Å². The summed E-state index contributed by atoms with van der Waals surface area (Å²) in [5.41, 5.74) is 3.44. The molecule has 34 heavy (non-hydrogen) atoms. The molecule has 0 saturated heterocycles. The summed E-state index contributed by atoms with van der Waals surface area (Å²) in [4.78, 5) is 4.51. The standard InChI is InChI=1S/C27H22F5NO/c1-2-3-16-5-11-24(33-15-16)20-9-10-21-19(14-20)8-7-18(25(21)30)6-4-17-12-22(28)26(23(29)13-17)34-27(31)32/h5,7-15,27H,2-4,6H2,1H3. The Morgan fingerprint density at radius 3 is 2.24 bits per heavy atom. The lowest BCUT2D eigenvalue weighted by molar-refractivity contribution is -0.0546. The molecule has 1 aromatic heterocycles. The monoisotopic (exact) mass is 471 g/mol. The van der Waals surface area contributed by atoms with Gasteiger partial charge in [0.05, 0.1) is 5.69 Å². The fourth-order valence-corrected chi connectivity index (χ4v) is 3.96. The van der Waals surface area contributed by atoms with E-state index in [9.17, 15) is 17.6 Å². The van der Waals surface area contributed by atoms with E-state index < -0.39 is 29.8 Å². The molecule has 0 amide bonds. The van der Waals surface area contributed by atoms with Crippen molar-refractivity contribution in [3.05, 3.63) is 94.9 Å². The highest BCUT2D eigenvalue weighted by Gasteiger charge is 2.17. The van der Waals surface area contributed by atoms with E-state index in [0.717, 1.165) is 36.2 Å². The highest BCUT2D eigenvalue weighted by Crippen LogP contribution is 2.29. The Morgan fingerprint density at radius 1 is 0.824 bits per heavy atom. The van der Waals surface area contributed by atoms with E-state index in [1.54, 1.807) is 18.2 Å². The molecule has 0 saturated carbocycles. The maximum atomic E-state index is 15.1. The second-order valence-corrected chi connectivity index (χ2v) is 8.04. The normalized spacial score (nSPS) is 11.4. The maximum absolute atomic E-state index is 15.1. The van der Waals surface area contributed by atoms with Gasteiger partial charge in [0.2, 0.25) is 0 Å². The Balaban J connectivity index is 1.53. The van der Waals surface area contributed by atoms with Crippen molar-refractivity contribution in [2.75, 3.05) is 0 Å². The molecule has 2 nitrogen and oxygen atoms in total. The second kappa shape index (κ2) is 10.2. The van der Waals surface area contributed by atoms with Gasteiger partial charge in [0.25, 0.3) is 0 Å². The Hall–Kier alpha value is -3.48. The largest absolute Gasteiger partial charge is 0.429 e. The molecule has 3 aromatic carbocycles. The van der Waals surface area contributed by atoms with E-state index in [2.05, 4.69) is 16.6 Å². The first-order valence-corrected chi connectivity index (χ1v) is 10.9. The van der Waals surface area contributed by atoms with Crippen molar-refractivity contribution in [3.8, 4) is 17.0 Å². The SMILES string of the molecule is CCCc1ccc(-c2ccc3c(F)c(CCc4cc(F)c(OC(F)F)c(F)c4)ccc3c2)nc1. The van der Waals surface area contributed by atoms with Gasteiger partial charge in [0, 0.05) is 17.1 Å². The molecular formula is C27H22F5NO. The van der Waals surface area contributed by atoms with Crippen LogP contribution in [0.4, 0.5) is 22.0 Å². The topological polar surface area (TPSA) is 22.1 Å². The summed E-state index contributed by atoms with van der Waals surface area (Å²) < 4.78 is 71.5. The molecule has 4 rings (SSSR count). The minimum absolute atomic E-state index is 0.122. The van der Waals surface area contributed by atoms with E-state index in [1.165, 1.54) is 5.56 Å². The Bertz CT molecular complexity index is 1280. The number of hydrogen-bond acceptors (Lipinski definition) is 2. The smallest absolute Gasteiger partial charge is 0.387 e. The van der Waals surface area contributed by atoms with Crippen LogP contribution in [0.5, 0.6) is 5.75 Å². The molecule has 0 bridgehead atoms. The first kappa shape index (κ1) is 23.7. The average molecular weight is 471 g/mol. The molecule has 1 heterocycles. The van der Waals surface area contributed by atoms with Crippen molar-refractivity contribution in [2.24, 2.45) is 0 Å². The van der Waals surface area contributed by atoms with Crippen LogP contribution in [0.1, 0.15) is 30.0 Å². The third-order valence-corrected chi connectivity index (χ3v) is 5.64. The zero-order valence-electron chi connectivity index (χ0n) is 18.4. The number of aryl methyl sites for hydroxylation is 3. The number of alkyl halides is 2. The van der Waals surface area contributed by atoms with Crippen LogP contribution in [0.25, 0.3) is 22.0 Å². The molecule has 0 spiro atoms. The number of ether oxygens (including phenoxy) is 1. The summed E-state index contributed by atoms with van der Waals surface area (Å²) in [6, 6.07) is 14.6. The van der Waals surface area contributed by atoms with Gasteiger partial charge < -0.3 is 4.74 Å². The lowest BCUT2D eigenvalue weighted by Crippen LogP contribution is -2.06. The van der Waals surface area contributed by atoms with E-state index in [0.29, 0.717) is 16.3 Å². The molecule has 0 unspecified atom stereocenters. The number of benzene rings is 3. The first-order chi connectivity index (χ1) is 16.4. The predicted octanol–water partition coefficient (Wildman–Crippen LogP) is 7.66. The summed E-state index contributed by atoms with van der Waals surface area (Å²) in [7, 11) is 0. The number of nitrogens with zero attached hydrogens (tertiary/aromatic N) is 1. The van der Waals surface area contributed by atoms with Crippen molar-refractivity contribution in [2.45, 2.75) is 39.2 Å². The zero-order chi connectivity index (χ0) is 24.2. The molecular weight excluding hydrogens is 449 g/mol. The van der Waals surface area contributed by atoms with Gasteiger partial charge >= 0.3 is 6.61 Å². The quantitative estimate of drug-likeness (QED) is 0.246. The Kier molecular flexibility index (Phi) is 7.10. The molecule has 176 valence electrons. The predicted molar refractivity (Wildman–Crippen MR) is 122 cm³/mol. The van der Waals surface area contributed by atoms with E-state index in [4.69, 9.17) is 0 Å². The highest BCUT2D eigenvalue weighted by atomic mass is 19.3. The molecule has 0 fully saturated rings. The first-order valence-electron chi connectivity index (χ1n) is 10.9. The van der Waals surface area contributed by atoms with Gasteiger partial charge in [0.15, 0.2) is 17.4 Å². The maximum Gasteiger partial charge on any atom is 0.387 e. The number of aromatic nitrogens is 1. The van der Waals surface area contributed by atoms with Gasteiger partial charge in [0.1, 0.15) is 5.82 Å². The van der Waals surface area contributed by atoms with Gasteiger partial charge in [-0.1, -0.05) is 43.7 Å². The van der Waals surface area contributed by atoms with Gasteiger partial charge in [-0.3, -0.25) is 4.98 Å². The Morgan fingerprint density at radius 2 is 1.59 bits per heavy atom. The third kappa shape index (κ3) is 5.19. The van der Waals surface area contributed by atoms with Gasteiger partial charge in [-0.2, -0.15) is 8.78 Å². The van der Waals surface area contributed by atoms with Crippen molar-refractivity contribution >= 4 is 10.8 Å². The van der Waals surface area contributed by atoms with Gasteiger partial charge in [-0.25, -0.2) is 13.2 Å². The van der Waals surface area contributed by atoms with Crippen LogP contribution in [-0.4, -0.2) is 11.6 Å². The van der Waals surface area contributed by atoms with E-state index in [-0.39, 0.29) is 18.4 Å². The molecule has 0 atom stereocenters. The van der Waals surface area contributed by atoms with Crippen LogP contribution >= 0.6 is 0 Å². The fraction of sp³-hybridized carbons (Fsp3) is 0.222. The summed E-state index contributed by atoms with van der Waals surface area (Å²) in [5.74, 6) is -3.98. The molecule has 0 radical (unpaired) electrons. The van der Waals surface area contributed by atoms with E-state index in [1.807, 2.05) is 30.5 Å². The van der Waals surface area contributed by atoms with Crippen LogP contribution in [-0.2, 0) is 19.3 Å².